The number of hydrogen-bond acceptors (Lipinski definition) is 4. The molecule has 1 aromatic carbocycles. The summed E-state index contributed by atoms with van der Waals surface area (Å²) < 4.78 is 24.5. The van der Waals surface area contributed by atoms with Gasteiger partial charge in [0.1, 0.15) is 6.04 Å². The van der Waals surface area contributed by atoms with Crippen molar-refractivity contribution < 1.29 is 23.1 Å². The van der Waals surface area contributed by atoms with E-state index < -0.39 is 22.0 Å². The minimum absolute atomic E-state index is 0.215. The van der Waals surface area contributed by atoms with Gasteiger partial charge < -0.3 is 10.4 Å². The first kappa shape index (κ1) is 17.4. The third-order valence-corrected chi connectivity index (χ3v) is 5.14. The first-order valence-corrected chi connectivity index (χ1v) is 9.20. The molecule has 1 aliphatic rings. The predicted molar refractivity (Wildman–Crippen MR) is 84.7 cm³/mol. The highest BCUT2D eigenvalue weighted by molar-refractivity contribution is 7.88. The summed E-state index contributed by atoms with van der Waals surface area (Å²) in [7, 11) is -3.37. The zero-order chi connectivity index (χ0) is 17.0. The Morgan fingerprint density at radius 3 is 2.52 bits per heavy atom. The second kappa shape index (κ2) is 7.10. The van der Waals surface area contributed by atoms with Crippen LogP contribution in [0.4, 0.5) is 0 Å². The SMILES string of the molecule is CS(=O)(=O)N1CCC[C@H]1C(=O)NCCc1ccc(C(=O)O)cc1. The van der Waals surface area contributed by atoms with Crippen LogP contribution in [0.3, 0.4) is 0 Å². The van der Waals surface area contributed by atoms with Crippen LogP contribution in [0.1, 0.15) is 28.8 Å². The van der Waals surface area contributed by atoms with Gasteiger partial charge >= 0.3 is 5.97 Å². The molecule has 0 bridgehead atoms. The number of sulfonamides is 1. The minimum Gasteiger partial charge on any atom is -0.478 e. The van der Waals surface area contributed by atoms with Crippen molar-refractivity contribution in [3.8, 4) is 0 Å². The van der Waals surface area contributed by atoms with E-state index >= 15 is 0 Å². The topological polar surface area (TPSA) is 104 Å². The Balaban J connectivity index is 1.86. The van der Waals surface area contributed by atoms with Crippen molar-refractivity contribution in [1.82, 2.24) is 9.62 Å². The lowest BCUT2D eigenvalue weighted by Crippen LogP contribution is -2.45. The lowest BCUT2D eigenvalue weighted by Gasteiger charge is -2.21. The maximum absolute atomic E-state index is 12.1. The summed E-state index contributed by atoms with van der Waals surface area (Å²) in [6.07, 6.45) is 2.88. The molecule has 126 valence electrons. The molecule has 1 heterocycles. The van der Waals surface area contributed by atoms with Crippen molar-refractivity contribution in [1.29, 1.82) is 0 Å². The van der Waals surface area contributed by atoms with E-state index in [0.29, 0.717) is 32.4 Å². The van der Waals surface area contributed by atoms with E-state index in [9.17, 15) is 18.0 Å². The molecule has 1 saturated heterocycles. The standard InChI is InChI=1S/C15H20N2O5S/c1-23(21,22)17-10-2-3-13(17)14(18)16-9-8-11-4-6-12(7-5-11)15(19)20/h4-7,13H,2-3,8-10H2,1H3,(H,16,18)(H,19,20)/t13-/m0/s1. The number of nitrogens with zero attached hydrogens (tertiary/aromatic N) is 1. The van der Waals surface area contributed by atoms with Crippen LogP contribution in [0.5, 0.6) is 0 Å². The molecule has 8 heteroatoms. The second-order valence-electron chi connectivity index (χ2n) is 5.57. The van der Waals surface area contributed by atoms with Gasteiger partial charge in [-0.05, 0) is 37.0 Å². The Bertz CT molecular complexity index is 684. The third-order valence-electron chi connectivity index (χ3n) is 3.85. The van der Waals surface area contributed by atoms with E-state index in [1.165, 1.54) is 16.4 Å². The molecular formula is C15H20N2O5S. The highest BCUT2D eigenvalue weighted by atomic mass is 32.2. The van der Waals surface area contributed by atoms with Crippen molar-refractivity contribution in [3.05, 3.63) is 35.4 Å². The highest BCUT2D eigenvalue weighted by Crippen LogP contribution is 2.20. The van der Waals surface area contributed by atoms with Gasteiger partial charge in [-0.2, -0.15) is 4.31 Å². The quantitative estimate of drug-likeness (QED) is 0.783. The molecule has 1 aromatic rings. The van der Waals surface area contributed by atoms with Crippen LogP contribution in [0.15, 0.2) is 24.3 Å². The summed E-state index contributed by atoms with van der Waals surface area (Å²) in [5, 5.41) is 11.6. The minimum atomic E-state index is -3.37. The Morgan fingerprint density at radius 2 is 1.96 bits per heavy atom. The molecule has 0 saturated carbocycles. The molecule has 2 N–H and O–H groups in total. The zero-order valence-electron chi connectivity index (χ0n) is 12.9. The molecule has 2 rings (SSSR count). The fraction of sp³-hybridized carbons (Fsp3) is 0.467. The van der Waals surface area contributed by atoms with E-state index in [2.05, 4.69) is 5.32 Å². The first-order chi connectivity index (χ1) is 10.8. The van der Waals surface area contributed by atoms with Gasteiger partial charge in [-0.1, -0.05) is 12.1 Å². The molecule has 7 nitrogen and oxygen atoms in total. The molecule has 1 fully saturated rings. The average Bonchev–Trinajstić information content (AvgIpc) is 2.97. The van der Waals surface area contributed by atoms with Crippen molar-refractivity contribution in [2.75, 3.05) is 19.3 Å². The van der Waals surface area contributed by atoms with Crippen LogP contribution in [-0.4, -0.2) is 55.1 Å². The van der Waals surface area contributed by atoms with Gasteiger partial charge in [0.15, 0.2) is 0 Å². The number of carbonyl (C=O) groups is 2. The van der Waals surface area contributed by atoms with Crippen LogP contribution in [0, 0.1) is 0 Å². The van der Waals surface area contributed by atoms with Crippen LogP contribution in [0.25, 0.3) is 0 Å². The Kier molecular flexibility index (Phi) is 5.38. The van der Waals surface area contributed by atoms with E-state index in [4.69, 9.17) is 5.11 Å². The summed E-state index contributed by atoms with van der Waals surface area (Å²) in [6, 6.07) is 5.81. The highest BCUT2D eigenvalue weighted by Gasteiger charge is 2.36. The summed E-state index contributed by atoms with van der Waals surface area (Å²) in [6.45, 7) is 0.757. The molecule has 1 amide bonds. The van der Waals surface area contributed by atoms with Gasteiger partial charge in [0.25, 0.3) is 0 Å². The molecule has 0 aliphatic carbocycles. The third kappa shape index (κ3) is 4.52. The number of hydrogen-bond donors (Lipinski definition) is 2. The largest absolute Gasteiger partial charge is 0.478 e. The van der Waals surface area contributed by atoms with Crippen LogP contribution >= 0.6 is 0 Å². The lowest BCUT2D eigenvalue weighted by molar-refractivity contribution is -0.124. The molecule has 1 atom stereocenters. The van der Waals surface area contributed by atoms with Crippen molar-refractivity contribution in [2.45, 2.75) is 25.3 Å². The fourth-order valence-corrected chi connectivity index (χ4v) is 3.79. The van der Waals surface area contributed by atoms with E-state index in [1.807, 2.05) is 0 Å². The molecule has 0 aromatic heterocycles. The number of rotatable bonds is 6. The second-order valence-corrected chi connectivity index (χ2v) is 7.51. The molecule has 0 unspecified atom stereocenters. The number of benzene rings is 1. The molecule has 0 radical (unpaired) electrons. The van der Waals surface area contributed by atoms with Gasteiger partial charge in [-0.15, -0.1) is 0 Å². The lowest BCUT2D eigenvalue weighted by atomic mass is 10.1. The number of carboxylic acids is 1. The van der Waals surface area contributed by atoms with E-state index in [0.717, 1.165) is 11.8 Å². The van der Waals surface area contributed by atoms with Gasteiger partial charge in [0.2, 0.25) is 15.9 Å². The normalized spacial score (nSPS) is 18.7. The number of carbonyl (C=O) groups excluding carboxylic acids is 1. The predicted octanol–water partition coefficient (Wildman–Crippen LogP) is 0.468. The fourth-order valence-electron chi connectivity index (χ4n) is 2.66. The molecule has 1 aliphatic heterocycles. The molecule has 23 heavy (non-hydrogen) atoms. The smallest absolute Gasteiger partial charge is 0.335 e. The monoisotopic (exact) mass is 340 g/mol. The Morgan fingerprint density at radius 1 is 1.30 bits per heavy atom. The summed E-state index contributed by atoms with van der Waals surface area (Å²) in [4.78, 5) is 22.9. The Labute approximate surface area is 135 Å². The molecular weight excluding hydrogens is 320 g/mol. The Hall–Kier alpha value is -1.93. The van der Waals surface area contributed by atoms with E-state index in [1.54, 1.807) is 12.1 Å². The summed E-state index contributed by atoms with van der Waals surface area (Å²) >= 11 is 0. The summed E-state index contributed by atoms with van der Waals surface area (Å²) in [5.41, 5.74) is 1.12. The van der Waals surface area contributed by atoms with Gasteiger partial charge in [-0.3, -0.25) is 4.79 Å². The van der Waals surface area contributed by atoms with Crippen LogP contribution in [-0.2, 0) is 21.2 Å². The van der Waals surface area contributed by atoms with Crippen molar-refractivity contribution in [2.24, 2.45) is 0 Å². The first-order valence-electron chi connectivity index (χ1n) is 7.36. The zero-order valence-corrected chi connectivity index (χ0v) is 13.7. The van der Waals surface area contributed by atoms with Crippen LogP contribution in [0.2, 0.25) is 0 Å². The van der Waals surface area contributed by atoms with Gasteiger partial charge in [0, 0.05) is 13.1 Å². The maximum atomic E-state index is 12.1. The number of amides is 1. The molecule has 0 spiro atoms. The van der Waals surface area contributed by atoms with E-state index in [-0.39, 0.29) is 11.5 Å². The van der Waals surface area contributed by atoms with Gasteiger partial charge in [0.05, 0.1) is 11.8 Å². The van der Waals surface area contributed by atoms with Crippen molar-refractivity contribution >= 4 is 21.9 Å². The summed E-state index contributed by atoms with van der Waals surface area (Å²) in [5.74, 6) is -1.26. The van der Waals surface area contributed by atoms with Crippen LogP contribution < -0.4 is 5.32 Å². The van der Waals surface area contributed by atoms with Crippen molar-refractivity contribution in [3.63, 3.8) is 0 Å². The van der Waals surface area contributed by atoms with Gasteiger partial charge in [-0.25, -0.2) is 13.2 Å². The number of nitrogens with one attached hydrogen (secondary N) is 1. The maximum Gasteiger partial charge on any atom is 0.335 e. The average molecular weight is 340 g/mol. The number of carboxylic acid groups (broad SMARTS) is 1. The number of aromatic carboxylic acids is 1.